The molecule has 0 bridgehead atoms. The Labute approximate surface area is 169 Å². The van der Waals surface area contributed by atoms with E-state index in [-0.39, 0.29) is 17.9 Å². The van der Waals surface area contributed by atoms with Crippen molar-refractivity contribution in [1.82, 2.24) is 10.2 Å². The highest BCUT2D eigenvalue weighted by Gasteiger charge is 2.24. The van der Waals surface area contributed by atoms with Crippen LogP contribution in [-0.2, 0) is 11.3 Å². The summed E-state index contributed by atoms with van der Waals surface area (Å²) in [5, 5.41) is 3.99. The highest BCUT2D eigenvalue weighted by Crippen LogP contribution is 2.20. The third kappa shape index (κ3) is 4.42. The predicted molar refractivity (Wildman–Crippen MR) is 110 cm³/mol. The summed E-state index contributed by atoms with van der Waals surface area (Å²) in [4.78, 5) is 27.1. The van der Waals surface area contributed by atoms with E-state index in [0.29, 0.717) is 31.5 Å². The van der Waals surface area contributed by atoms with E-state index in [0.717, 1.165) is 28.7 Å². The molecule has 6 heteroatoms. The molecule has 150 valence electrons. The second-order valence-corrected chi connectivity index (χ2v) is 7.34. The summed E-state index contributed by atoms with van der Waals surface area (Å²) in [6, 6.07) is 15.0. The Bertz CT molecular complexity index is 1030. The van der Waals surface area contributed by atoms with Gasteiger partial charge in [-0.05, 0) is 54.8 Å². The summed E-state index contributed by atoms with van der Waals surface area (Å²) >= 11 is 0. The third-order valence-corrected chi connectivity index (χ3v) is 5.36. The van der Waals surface area contributed by atoms with Crippen LogP contribution in [0.5, 0.6) is 5.75 Å². The molecule has 6 nitrogen and oxygen atoms in total. The van der Waals surface area contributed by atoms with Crippen molar-refractivity contribution < 1.29 is 18.7 Å². The van der Waals surface area contributed by atoms with E-state index in [1.165, 1.54) is 0 Å². The van der Waals surface area contributed by atoms with Gasteiger partial charge in [0.2, 0.25) is 5.91 Å². The first kappa shape index (κ1) is 19.1. The molecule has 29 heavy (non-hydrogen) atoms. The molecular weight excluding hydrogens is 368 g/mol. The fraction of sp³-hybridized carbons (Fsp3) is 0.304. The lowest BCUT2D eigenvalue weighted by Gasteiger charge is -2.21. The Morgan fingerprint density at radius 2 is 2.10 bits per heavy atom. The molecule has 0 aliphatic carbocycles. The van der Waals surface area contributed by atoms with Gasteiger partial charge in [-0.3, -0.25) is 9.59 Å². The van der Waals surface area contributed by atoms with Crippen molar-refractivity contribution >= 4 is 22.8 Å². The lowest BCUT2D eigenvalue weighted by Crippen LogP contribution is -2.35. The van der Waals surface area contributed by atoms with Gasteiger partial charge in [0.15, 0.2) is 0 Å². The number of hydrogen-bond donors (Lipinski definition) is 1. The summed E-state index contributed by atoms with van der Waals surface area (Å²) < 4.78 is 10.6. The van der Waals surface area contributed by atoms with Gasteiger partial charge in [-0.25, -0.2) is 0 Å². The van der Waals surface area contributed by atoms with Crippen molar-refractivity contribution in [2.45, 2.75) is 31.8 Å². The quantitative estimate of drug-likeness (QED) is 0.718. The van der Waals surface area contributed by atoms with Gasteiger partial charge in [0, 0.05) is 36.5 Å². The first-order valence-electron chi connectivity index (χ1n) is 9.81. The van der Waals surface area contributed by atoms with Gasteiger partial charge < -0.3 is 19.4 Å². The number of fused-ring (bicyclic) bond motifs is 1. The number of nitrogens with zero attached hydrogens (tertiary/aromatic N) is 1. The highest BCUT2D eigenvalue weighted by atomic mass is 16.5. The summed E-state index contributed by atoms with van der Waals surface area (Å²) in [5.41, 5.74) is 2.39. The zero-order valence-electron chi connectivity index (χ0n) is 16.4. The number of furan rings is 1. The van der Waals surface area contributed by atoms with Crippen molar-refractivity contribution in [1.29, 1.82) is 0 Å². The first-order valence-corrected chi connectivity index (χ1v) is 9.81. The van der Waals surface area contributed by atoms with Crippen LogP contribution in [0, 0.1) is 0 Å². The fourth-order valence-electron chi connectivity index (χ4n) is 3.72. The Balaban J connectivity index is 1.38. The first-order chi connectivity index (χ1) is 14.1. The van der Waals surface area contributed by atoms with Gasteiger partial charge in [0.25, 0.3) is 5.91 Å². The molecule has 1 saturated heterocycles. The number of rotatable bonds is 5. The van der Waals surface area contributed by atoms with Gasteiger partial charge >= 0.3 is 0 Å². The van der Waals surface area contributed by atoms with Gasteiger partial charge in [-0.2, -0.15) is 0 Å². The van der Waals surface area contributed by atoms with Crippen LogP contribution in [0.3, 0.4) is 0 Å². The average Bonchev–Trinajstić information content (AvgIpc) is 3.15. The molecule has 2 heterocycles. The number of methoxy groups -OCH3 is 1. The molecule has 1 atom stereocenters. The average molecular weight is 392 g/mol. The van der Waals surface area contributed by atoms with Crippen LogP contribution in [0.4, 0.5) is 0 Å². The number of amides is 2. The normalized spacial score (nSPS) is 17.2. The van der Waals surface area contributed by atoms with Crippen LogP contribution in [0.25, 0.3) is 11.0 Å². The van der Waals surface area contributed by atoms with Gasteiger partial charge in [-0.1, -0.05) is 12.1 Å². The fourth-order valence-corrected chi connectivity index (χ4v) is 3.72. The Morgan fingerprint density at radius 3 is 2.97 bits per heavy atom. The predicted octanol–water partition coefficient (Wildman–Crippen LogP) is 3.75. The molecular formula is C23H24N2O4. The molecule has 4 rings (SSSR count). The maximum atomic E-state index is 12.7. The lowest BCUT2D eigenvalue weighted by molar-refractivity contribution is -0.131. The van der Waals surface area contributed by atoms with E-state index in [1.807, 2.05) is 41.3 Å². The maximum absolute atomic E-state index is 12.7. The van der Waals surface area contributed by atoms with Crippen molar-refractivity contribution in [3.63, 3.8) is 0 Å². The van der Waals surface area contributed by atoms with Crippen LogP contribution in [0.2, 0.25) is 0 Å². The van der Waals surface area contributed by atoms with Crippen molar-refractivity contribution in [3.05, 3.63) is 65.9 Å². The van der Waals surface area contributed by atoms with Crippen LogP contribution in [-0.4, -0.2) is 36.4 Å². The SMILES string of the molecule is COc1cccc(CN2CCC(NC(=O)c3ccc4occc4c3)CCC2=O)c1. The minimum absolute atomic E-state index is 0.0261. The van der Waals surface area contributed by atoms with Crippen molar-refractivity contribution in [3.8, 4) is 5.75 Å². The van der Waals surface area contributed by atoms with Crippen LogP contribution < -0.4 is 10.1 Å². The molecule has 3 aromatic rings. The lowest BCUT2D eigenvalue weighted by atomic mass is 10.1. The van der Waals surface area contributed by atoms with Crippen LogP contribution >= 0.6 is 0 Å². The minimum atomic E-state index is -0.119. The molecule has 0 saturated carbocycles. The Morgan fingerprint density at radius 1 is 1.21 bits per heavy atom. The molecule has 1 N–H and O–H groups in total. The summed E-state index contributed by atoms with van der Waals surface area (Å²) in [6.07, 6.45) is 3.42. The number of benzene rings is 2. The van der Waals surface area contributed by atoms with E-state index in [9.17, 15) is 9.59 Å². The molecule has 1 aliphatic heterocycles. The second-order valence-electron chi connectivity index (χ2n) is 7.34. The Kier molecular flexibility index (Phi) is 5.51. The molecule has 2 aromatic carbocycles. The number of carbonyl (C=O) groups is 2. The van der Waals surface area contributed by atoms with Crippen LogP contribution in [0.15, 0.2) is 59.2 Å². The zero-order chi connectivity index (χ0) is 20.2. The number of ether oxygens (including phenoxy) is 1. The molecule has 1 unspecified atom stereocenters. The number of hydrogen-bond acceptors (Lipinski definition) is 4. The minimum Gasteiger partial charge on any atom is -0.497 e. The molecule has 0 radical (unpaired) electrons. The van der Waals surface area contributed by atoms with Crippen molar-refractivity contribution in [2.24, 2.45) is 0 Å². The smallest absolute Gasteiger partial charge is 0.251 e. The Hall–Kier alpha value is -3.28. The molecule has 2 amide bonds. The van der Waals surface area contributed by atoms with Crippen molar-refractivity contribution in [2.75, 3.05) is 13.7 Å². The summed E-state index contributed by atoms with van der Waals surface area (Å²) in [5.74, 6) is 0.778. The summed E-state index contributed by atoms with van der Waals surface area (Å²) in [6.45, 7) is 1.16. The van der Waals surface area contributed by atoms with Crippen LogP contribution in [0.1, 0.15) is 35.2 Å². The molecule has 0 spiro atoms. The van der Waals surface area contributed by atoms with Gasteiger partial charge in [0.05, 0.1) is 13.4 Å². The third-order valence-electron chi connectivity index (χ3n) is 5.36. The van der Waals surface area contributed by atoms with Gasteiger partial charge in [0.1, 0.15) is 11.3 Å². The number of likely N-dealkylation sites (tertiary alicyclic amines) is 1. The monoisotopic (exact) mass is 392 g/mol. The second kappa shape index (κ2) is 8.39. The van der Waals surface area contributed by atoms with E-state index in [4.69, 9.17) is 9.15 Å². The molecule has 1 aromatic heterocycles. The highest BCUT2D eigenvalue weighted by molar-refractivity contribution is 5.97. The zero-order valence-corrected chi connectivity index (χ0v) is 16.4. The number of carbonyl (C=O) groups excluding carboxylic acids is 2. The van der Waals surface area contributed by atoms with Gasteiger partial charge in [-0.15, -0.1) is 0 Å². The van der Waals surface area contributed by atoms with E-state index in [2.05, 4.69) is 5.32 Å². The topological polar surface area (TPSA) is 71.8 Å². The summed E-state index contributed by atoms with van der Waals surface area (Å²) in [7, 11) is 1.63. The maximum Gasteiger partial charge on any atom is 0.251 e. The number of nitrogens with one attached hydrogen (secondary N) is 1. The van der Waals surface area contributed by atoms with E-state index < -0.39 is 0 Å². The molecule has 1 aliphatic rings. The standard InChI is InChI=1S/C23H24N2O4/c1-28-20-4-2-3-16(13-20)15-25-11-9-19(6-8-22(25)26)24-23(27)18-5-7-21-17(14-18)10-12-29-21/h2-5,7,10,12-14,19H,6,8-9,11,15H2,1H3,(H,24,27). The molecule has 1 fully saturated rings. The van der Waals surface area contributed by atoms with E-state index >= 15 is 0 Å². The largest absolute Gasteiger partial charge is 0.497 e. The van der Waals surface area contributed by atoms with E-state index in [1.54, 1.807) is 25.5 Å².